The zero-order valence-electron chi connectivity index (χ0n) is 11.4. The summed E-state index contributed by atoms with van der Waals surface area (Å²) < 4.78 is 0. The molecule has 0 saturated heterocycles. The fourth-order valence-electron chi connectivity index (χ4n) is 1.93. The second-order valence-electron chi connectivity index (χ2n) is 4.87. The monoisotopic (exact) mass is 310 g/mol. The molecule has 21 heavy (non-hydrogen) atoms. The van der Waals surface area contributed by atoms with Gasteiger partial charge < -0.3 is 15.7 Å². The molecule has 1 fully saturated rings. The lowest BCUT2D eigenvalue weighted by atomic mass is 10.2. The van der Waals surface area contributed by atoms with E-state index in [2.05, 4.69) is 10.6 Å². The molecule has 0 spiro atoms. The van der Waals surface area contributed by atoms with Gasteiger partial charge in [-0.3, -0.25) is 14.4 Å². The van der Waals surface area contributed by atoms with Crippen LogP contribution in [0.15, 0.2) is 18.2 Å². The zero-order chi connectivity index (χ0) is 15.6. The number of nitrogens with one attached hydrogen (secondary N) is 2. The lowest BCUT2D eigenvalue weighted by molar-refractivity contribution is -0.139. The molecule has 1 aromatic carbocycles. The van der Waals surface area contributed by atoms with E-state index in [9.17, 15) is 14.4 Å². The number of aliphatic carboxylic acids is 1. The summed E-state index contributed by atoms with van der Waals surface area (Å²) in [6.45, 7) is 1.73. The van der Waals surface area contributed by atoms with Gasteiger partial charge in [0, 0.05) is 12.1 Å². The lowest BCUT2D eigenvalue weighted by Crippen LogP contribution is -2.17. The zero-order valence-corrected chi connectivity index (χ0v) is 12.1. The first-order valence-electron chi connectivity index (χ1n) is 6.55. The smallest absolute Gasteiger partial charge is 0.307 e. The summed E-state index contributed by atoms with van der Waals surface area (Å²) in [5.74, 6) is -2.63. The van der Waals surface area contributed by atoms with Gasteiger partial charge >= 0.3 is 5.97 Å². The molecule has 0 aromatic heterocycles. The van der Waals surface area contributed by atoms with E-state index in [-0.39, 0.29) is 11.8 Å². The molecule has 7 heteroatoms. The summed E-state index contributed by atoms with van der Waals surface area (Å²) in [6.07, 6.45) is 0.678. The highest BCUT2D eigenvalue weighted by Crippen LogP contribution is 2.40. The molecular weight excluding hydrogens is 296 g/mol. The van der Waals surface area contributed by atoms with Gasteiger partial charge in [0.05, 0.1) is 22.5 Å². The van der Waals surface area contributed by atoms with Crippen LogP contribution >= 0.6 is 11.6 Å². The Morgan fingerprint density at radius 1 is 1.29 bits per heavy atom. The Kier molecular flexibility index (Phi) is 4.47. The number of hydrogen-bond acceptors (Lipinski definition) is 3. The minimum Gasteiger partial charge on any atom is -0.481 e. The molecule has 1 aliphatic carbocycles. The number of carboxylic acids is 1. The predicted molar refractivity (Wildman–Crippen MR) is 78.2 cm³/mol. The Balaban J connectivity index is 2.05. The van der Waals surface area contributed by atoms with Gasteiger partial charge in [-0.2, -0.15) is 0 Å². The number of amides is 2. The summed E-state index contributed by atoms with van der Waals surface area (Å²) in [5.41, 5.74) is 0.874. The number of carbonyl (C=O) groups is 3. The maximum atomic E-state index is 11.9. The van der Waals surface area contributed by atoms with Crippen molar-refractivity contribution in [1.29, 1.82) is 0 Å². The molecule has 6 nitrogen and oxygen atoms in total. The van der Waals surface area contributed by atoms with Crippen molar-refractivity contribution in [1.82, 2.24) is 0 Å². The van der Waals surface area contributed by atoms with Crippen molar-refractivity contribution in [2.24, 2.45) is 11.8 Å². The van der Waals surface area contributed by atoms with Crippen molar-refractivity contribution in [3.8, 4) is 0 Å². The van der Waals surface area contributed by atoms with Gasteiger partial charge in [0.15, 0.2) is 0 Å². The lowest BCUT2D eigenvalue weighted by Gasteiger charge is -2.10. The van der Waals surface area contributed by atoms with Crippen LogP contribution in [-0.4, -0.2) is 22.9 Å². The number of hydrogen-bond donors (Lipinski definition) is 3. The fourth-order valence-corrected chi connectivity index (χ4v) is 2.10. The number of anilines is 2. The first-order valence-corrected chi connectivity index (χ1v) is 6.93. The van der Waals surface area contributed by atoms with E-state index >= 15 is 0 Å². The molecule has 3 N–H and O–H groups in total. The van der Waals surface area contributed by atoms with Crippen molar-refractivity contribution < 1.29 is 19.5 Å². The number of carboxylic acid groups (broad SMARTS) is 1. The molecule has 2 atom stereocenters. The normalized spacial score (nSPS) is 19.7. The Hall–Kier alpha value is -2.08. The minimum absolute atomic E-state index is 0.150. The topological polar surface area (TPSA) is 95.5 Å². The quantitative estimate of drug-likeness (QED) is 0.778. The SMILES string of the molecule is CCC(=O)Nc1ccc(Cl)c(NC(=O)C2CC2C(=O)O)c1. The van der Waals surface area contributed by atoms with Crippen LogP contribution in [0, 0.1) is 11.8 Å². The first-order chi connectivity index (χ1) is 9.92. The second kappa shape index (κ2) is 6.13. The molecule has 1 saturated carbocycles. The fraction of sp³-hybridized carbons (Fsp3) is 0.357. The number of carbonyl (C=O) groups excluding carboxylic acids is 2. The molecule has 2 amide bonds. The summed E-state index contributed by atoms with van der Waals surface area (Å²) in [7, 11) is 0. The van der Waals surface area contributed by atoms with Gasteiger partial charge in [-0.15, -0.1) is 0 Å². The molecule has 2 rings (SSSR count). The molecule has 0 radical (unpaired) electrons. The van der Waals surface area contributed by atoms with Crippen molar-refractivity contribution in [2.75, 3.05) is 10.6 Å². The Labute approximate surface area is 126 Å². The molecular formula is C14H15ClN2O4. The minimum atomic E-state index is -0.967. The summed E-state index contributed by atoms with van der Waals surface area (Å²) >= 11 is 5.99. The number of halogens is 1. The van der Waals surface area contributed by atoms with Crippen LogP contribution < -0.4 is 10.6 Å². The molecule has 0 aliphatic heterocycles. The molecule has 0 heterocycles. The van der Waals surface area contributed by atoms with Crippen LogP contribution in [0.25, 0.3) is 0 Å². The average molecular weight is 311 g/mol. The second-order valence-corrected chi connectivity index (χ2v) is 5.28. The molecule has 112 valence electrons. The first kappa shape index (κ1) is 15.3. The van der Waals surface area contributed by atoms with Crippen molar-refractivity contribution in [3.63, 3.8) is 0 Å². The molecule has 2 unspecified atom stereocenters. The van der Waals surface area contributed by atoms with Crippen LogP contribution in [0.3, 0.4) is 0 Å². The Morgan fingerprint density at radius 2 is 2.00 bits per heavy atom. The van der Waals surface area contributed by atoms with Crippen molar-refractivity contribution in [3.05, 3.63) is 23.2 Å². The van der Waals surface area contributed by atoms with E-state index < -0.39 is 17.8 Å². The van der Waals surface area contributed by atoms with Crippen LogP contribution in [0.4, 0.5) is 11.4 Å². The van der Waals surface area contributed by atoms with Crippen molar-refractivity contribution in [2.45, 2.75) is 19.8 Å². The van der Waals surface area contributed by atoms with E-state index in [0.29, 0.717) is 29.2 Å². The summed E-state index contributed by atoms with van der Waals surface area (Å²) in [4.78, 5) is 34.0. The average Bonchev–Trinajstić information content (AvgIpc) is 3.23. The third-order valence-corrected chi connectivity index (χ3v) is 3.60. The highest BCUT2D eigenvalue weighted by atomic mass is 35.5. The number of rotatable bonds is 5. The van der Waals surface area contributed by atoms with Crippen molar-refractivity contribution >= 4 is 40.8 Å². The Morgan fingerprint density at radius 3 is 2.57 bits per heavy atom. The van der Waals surface area contributed by atoms with Gasteiger partial charge in [0.25, 0.3) is 0 Å². The van der Waals surface area contributed by atoms with E-state index in [4.69, 9.17) is 16.7 Å². The highest BCUT2D eigenvalue weighted by Gasteiger charge is 2.48. The van der Waals surface area contributed by atoms with Gasteiger partial charge in [0.2, 0.25) is 11.8 Å². The van der Waals surface area contributed by atoms with Gasteiger partial charge in [0.1, 0.15) is 0 Å². The summed E-state index contributed by atoms with van der Waals surface area (Å²) in [5, 5.41) is 14.4. The maximum Gasteiger partial charge on any atom is 0.307 e. The van der Waals surface area contributed by atoms with Crippen LogP contribution in [0.1, 0.15) is 19.8 Å². The summed E-state index contributed by atoms with van der Waals surface area (Å²) in [6, 6.07) is 4.73. The van der Waals surface area contributed by atoms with Gasteiger partial charge in [-0.1, -0.05) is 18.5 Å². The third kappa shape index (κ3) is 3.72. The predicted octanol–water partition coefficient (Wildman–Crippen LogP) is 2.35. The van der Waals surface area contributed by atoms with E-state index in [1.54, 1.807) is 25.1 Å². The van der Waals surface area contributed by atoms with E-state index in [1.165, 1.54) is 0 Å². The maximum absolute atomic E-state index is 11.9. The number of benzene rings is 1. The van der Waals surface area contributed by atoms with E-state index in [0.717, 1.165) is 0 Å². The largest absolute Gasteiger partial charge is 0.481 e. The van der Waals surface area contributed by atoms with Crippen LogP contribution in [0.2, 0.25) is 5.02 Å². The molecule has 1 aliphatic rings. The van der Waals surface area contributed by atoms with E-state index in [1.807, 2.05) is 0 Å². The third-order valence-electron chi connectivity index (χ3n) is 3.27. The highest BCUT2D eigenvalue weighted by molar-refractivity contribution is 6.34. The standard InChI is InChI=1S/C14H15ClN2O4/c1-2-12(18)16-7-3-4-10(15)11(5-7)17-13(19)8-6-9(8)14(20)21/h3-5,8-9H,2,6H2,1H3,(H,16,18)(H,17,19)(H,20,21). The molecule has 0 bridgehead atoms. The van der Waals surface area contributed by atoms with Crippen LogP contribution in [0.5, 0.6) is 0 Å². The van der Waals surface area contributed by atoms with Crippen LogP contribution in [-0.2, 0) is 14.4 Å². The van der Waals surface area contributed by atoms with Gasteiger partial charge in [-0.05, 0) is 24.6 Å². The Bertz CT molecular complexity index is 603. The van der Waals surface area contributed by atoms with Gasteiger partial charge in [-0.25, -0.2) is 0 Å². The molecule has 1 aromatic rings.